The number of hydrogen-bond donors (Lipinski definition) is 1. The summed E-state index contributed by atoms with van der Waals surface area (Å²) in [4.78, 5) is 0. The lowest BCUT2D eigenvalue weighted by Crippen LogP contribution is -2.24. The zero-order chi connectivity index (χ0) is 18.9. The van der Waals surface area contributed by atoms with Crippen molar-refractivity contribution in [3.05, 3.63) is 119 Å². The highest BCUT2D eigenvalue weighted by atomic mass is 14.8. The zero-order valence-corrected chi connectivity index (χ0v) is 16.2. The van der Waals surface area contributed by atoms with Crippen LogP contribution in [0.25, 0.3) is 5.57 Å². The standard InChI is InChI=1S/C27H25N/c1-28-21-16-17-24-25(18-21)27(20-12-6-3-7-13-20)23-15-9-8-14-22(23)26(24)19-10-4-2-5-11-19/h2-6,8-12,14-18,23,27-28H,7,13H2,1H3. The average Bonchev–Trinajstić information content (AvgIpc) is 2.78. The van der Waals surface area contributed by atoms with E-state index in [0.717, 1.165) is 12.8 Å². The van der Waals surface area contributed by atoms with E-state index in [1.807, 2.05) is 7.05 Å². The average molecular weight is 364 g/mol. The van der Waals surface area contributed by atoms with E-state index in [-0.39, 0.29) is 0 Å². The Hall–Kier alpha value is -3.06. The second-order valence-corrected chi connectivity index (χ2v) is 7.70. The molecule has 0 saturated heterocycles. The third-order valence-electron chi connectivity index (χ3n) is 6.16. The lowest BCUT2D eigenvalue weighted by Gasteiger charge is -2.38. The van der Waals surface area contributed by atoms with Gasteiger partial charge in [-0.1, -0.05) is 84.5 Å². The third kappa shape index (κ3) is 2.79. The Morgan fingerprint density at radius 2 is 1.86 bits per heavy atom. The molecule has 0 fully saturated rings. The molecule has 0 spiro atoms. The lowest BCUT2D eigenvalue weighted by molar-refractivity contribution is 0.612. The first-order valence-electron chi connectivity index (χ1n) is 10.2. The highest BCUT2D eigenvalue weighted by molar-refractivity contribution is 5.89. The highest BCUT2D eigenvalue weighted by Crippen LogP contribution is 2.51. The summed E-state index contributed by atoms with van der Waals surface area (Å²) < 4.78 is 0. The van der Waals surface area contributed by atoms with Crippen molar-refractivity contribution in [1.82, 2.24) is 0 Å². The molecule has 3 aliphatic carbocycles. The van der Waals surface area contributed by atoms with Crippen molar-refractivity contribution in [3.8, 4) is 0 Å². The monoisotopic (exact) mass is 363 g/mol. The molecule has 2 aromatic rings. The molecule has 2 atom stereocenters. The van der Waals surface area contributed by atoms with Crippen molar-refractivity contribution in [2.75, 3.05) is 12.4 Å². The van der Waals surface area contributed by atoms with Crippen LogP contribution in [0.15, 0.2) is 102 Å². The number of benzene rings is 2. The van der Waals surface area contributed by atoms with Crippen LogP contribution in [-0.4, -0.2) is 7.05 Å². The van der Waals surface area contributed by atoms with E-state index in [1.165, 1.54) is 33.5 Å². The predicted octanol–water partition coefficient (Wildman–Crippen LogP) is 6.65. The molecule has 3 aliphatic rings. The summed E-state index contributed by atoms with van der Waals surface area (Å²) in [7, 11) is 2.00. The zero-order valence-electron chi connectivity index (χ0n) is 16.2. The minimum Gasteiger partial charge on any atom is -0.388 e. The van der Waals surface area contributed by atoms with Crippen LogP contribution in [0.5, 0.6) is 0 Å². The fourth-order valence-corrected chi connectivity index (χ4v) is 4.89. The Labute approximate surface area is 167 Å². The van der Waals surface area contributed by atoms with E-state index in [9.17, 15) is 0 Å². The fraction of sp³-hybridized carbons (Fsp3) is 0.185. The molecular weight excluding hydrogens is 338 g/mol. The Kier molecular flexibility index (Phi) is 4.37. The van der Waals surface area contributed by atoms with Crippen molar-refractivity contribution in [1.29, 1.82) is 0 Å². The van der Waals surface area contributed by atoms with Crippen molar-refractivity contribution in [2.45, 2.75) is 18.8 Å². The first-order chi connectivity index (χ1) is 13.9. The van der Waals surface area contributed by atoms with Crippen LogP contribution in [0.2, 0.25) is 0 Å². The van der Waals surface area contributed by atoms with Crippen molar-refractivity contribution < 1.29 is 0 Å². The van der Waals surface area contributed by atoms with E-state index in [1.54, 1.807) is 5.57 Å². The fourth-order valence-electron chi connectivity index (χ4n) is 4.89. The van der Waals surface area contributed by atoms with E-state index >= 15 is 0 Å². The minimum absolute atomic E-state index is 0.387. The number of hydrogen-bond acceptors (Lipinski definition) is 1. The molecule has 0 saturated carbocycles. The quantitative estimate of drug-likeness (QED) is 0.644. The van der Waals surface area contributed by atoms with Crippen molar-refractivity contribution in [3.63, 3.8) is 0 Å². The number of rotatable bonds is 3. The summed E-state index contributed by atoms with van der Waals surface area (Å²) >= 11 is 0. The molecule has 5 rings (SSSR count). The number of nitrogens with one attached hydrogen (secondary N) is 1. The first kappa shape index (κ1) is 17.1. The van der Waals surface area contributed by atoms with Gasteiger partial charge >= 0.3 is 0 Å². The van der Waals surface area contributed by atoms with Gasteiger partial charge in [0.05, 0.1) is 0 Å². The summed E-state index contributed by atoms with van der Waals surface area (Å²) in [6.07, 6.45) is 18.3. The Morgan fingerprint density at radius 1 is 0.964 bits per heavy atom. The topological polar surface area (TPSA) is 12.0 Å². The van der Waals surface area contributed by atoms with Gasteiger partial charge in [0.1, 0.15) is 0 Å². The molecule has 2 aromatic carbocycles. The SMILES string of the molecule is CNc1ccc2c(c1)C(C1=CC=CCC1)C1C=CC=CC1=C2c1ccccc1. The van der Waals surface area contributed by atoms with Gasteiger partial charge in [0.15, 0.2) is 0 Å². The molecule has 0 amide bonds. The van der Waals surface area contributed by atoms with Gasteiger partial charge in [0.2, 0.25) is 0 Å². The minimum atomic E-state index is 0.387. The molecular formula is C27H25N. The first-order valence-corrected chi connectivity index (χ1v) is 10.2. The van der Waals surface area contributed by atoms with Gasteiger partial charge in [-0.15, -0.1) is 0 Å². The molecule has 0 aromatic heterocycles. The van der Waals surface area contributed by atoms with Crippen LogP contribution in [0, 0.1) is 5.92 Å². The van der Waals surface area contributed by atoms with Gasteiger partial charge in [-0.2, -0.15) is 0 Å². The summed E-state index contributed by atoms with van der Waals surface area (Å²) in [6, 6.07) is 17.7. The van der Waals surface area contributed by atoms with Crippen LogP contribution in [0.1, 0.15) is 35.4 Å². The number of fused-ring (bicyclic) bond motifs is 2. The van der Waals surface area contributed by atoms with Crippen LogP contribution < -0.4 is 5.32 Å². The second-order valence-electron chi connectivity index (χ2n) is 7.70. The lowest BCUT2D eigenvalue weighted by atomic mass is 9.65. The van der Waals surface area contributed by atoms with Gasteiger partial charge < -0.3 is 5.32 Å². The Bertz CT molecular complexity index is 1050. The molecule has 0 aliphatic heterocycles. The van der Waals surface area contributed by atoms with E-state index in [0.29, 0.717) is 11.8 Å². The van der Waals surface area contributed by atoms with Gasteiger partial charge in [0, 0.05) is 24.6 Å². The maximum Gasteiger partial charge on any atom is 0.0340 e. The summed E-state index contributed by atoms with van der Waals surface area (Å²) in [5.74, 6) is 0.787. The van der Waals surface area contributed by atoms with E-state index < -0.39 is 0 Å². The summed E-state index contributed by atoms with van der Waals surface area (Å²) in [5.41, 5.74) is 9.68. The van der Waals surface area contributed by atoms with Crippen LogP contribution in [0.3, 0.4) is 0 Å². The molecule has 28 heavy (non-hydrogen) atoms. The smallest absolute Gasteiger partial charge is 0.0340 e. The Balaban J connectivity index is 1.79. The van der Waals surface area contributed by atoms with Gasteiger partial charge in [0.25, 0.3) is 0 Å². The van der Waals surface area contributed by atoms with Gasteiger partial charge in [-0.25, -0.2) is 0 Å². The normalized spacial score (nSPS) is 22.5. The number of anilines is 1. The van der Waals surface area contributed by atoms with Crippen LogP contribution >= 0.6 is 0 Å². The molecule has 0 heterocycles. The van der Waals surface area contributed by atoms with E-state index in [2.05, 4.69) is 96.4 Å². The second kappa shape index (κ2) is 7.16. The summed E-state index contributed by atoms with van der Waals surface area (Å²) in [6.45, 7) is 0. The van der Waals surface area contributed by atoms with Crippen LogP contribution in [-0.2, 0) is 0 Å². The highest BCUT2D eigenvalue weighted by Gasteiger charge is 2.36. The van der Waals surface area contributed by atoms with Crippen molar-refractivity contribution >= 4 is 11.3 Å². The maximum atomic E-state index is 3.35. The molecule has 138 valence electrons. The Morgan fingerprint density at radius 3 is 2.64 bits per heavy atom. The molecule has 1 heteroatoms. The molecule has 1 N–H and O–H groups in total. The number of allylic oxidation sites excluding steroid dienone is 9. The molecule has 2 unspecified atom stereocenters. The van der Waals surface area contributed by atoms with Gasteiger partial charge in [-0.05, 0) is 52.8 Å². The third-order valence-corrected chi connectivity index (χ3v) is 6.16. The van der Waals surface area contributed by atoms with Crippen molar-refractivity contribution in [2.24, 2.45) is 5.92 Å². The predicted molar refractivity (Wildman–Crippen MR) is 119 cm³/mol. The molecule has 1 nitrogen and oxygen atoms in total. The molecule has 0 radical (unpaired) electrons. The van der Waals surface area contributed by atoms with E-state index in [4.69, 9.17) is 0 Å². The van der Waals surface area contributed by atoms with Crippen LogP contribution in [0.4, 0.5) is 5.69 Å². The summed E-state index contributed by atoms with van der Waals surface area (Å²) in [5, 5.41) is 3.35. The largest absolute Gasteiger partial charge is 0.388 e. The van der Waals surface area contributed by atoms with Gasteiger partial charge in [-0.3, -0.25) is 0 Å². The maximum absolute atomic E-state index is 3.35. The molecule has 0 bridgehead atoms.